The molecule has 0 spiro atoms. The summed E-state index contributed by atoms with van der Waals surface area (Å²) in [5, 5.41) is 10.9. The van der Waals surface area contributed by atoms with Crippen LogP contribution < -0.4 is 5.63 Å². The normalized spacial score (nSPS) is 11.0. The van der Waals surface area contributed by atoms with Crippen LogP contribution in [0.2, 0.25) is 0 Å². The van der Waals surface area contributed by atoms with Crippen LogP contribution in [-0.4, -0.2) is 5.11 Å². The molecule has 0 aliphatic carbocycles. The summed E-state index contributed by atoms with van der Waals surface area (Å²) >= 11 is 0. The lowest BCUT2D eigenvalue weighted by molar-refractivity contribution is 0.454. The zero-order valence-electron chi connectivity index (χ0n) is 13.9. The Morgan fingerprint density at radius 3 is 2.33 bits per heavy atom. The molecule has 0 saturated carbocycles. The van der Waals surface area contributed by atoms with Crippen molar-refractivity contribution in [2.75, 3.05) is 0 Å². The quantitative estimate of drug-likeness (QED) is 0.532. The van der Waals surface area contributed by atoms with Crippen LogP contribution in [-0.2, 0) is 19.3 Å². The Labute approximate surface area is 141 Å². The van der Waals surface area contributed by atoms with E-state index in [1.54, 1.807) is 18.2 Å². The van der Waals surface area contributed by atoms with Crippen LogP contribution in [0.3, 0.4) is 0 Å². The molecule has 3 aromatic rings. The SMILES string of the molecule is CCc1ccc(CCCCc2c(O)c3ccccc3oc2=O)cc1. The number of unbranched alkanes of at least 4 members (excludes halogenated alkanes) is 1. The Balaban J connectivity index is 1.64. The number of para-hydroxylation sites is 1. The monoisotopic (exact) mass is 322 g/mol. The molecule has 124 valence electrons. The predicted molar refractivity (Wildman–Crippen MR) is 96.6 cm³/mol. The van der Waals surface area contributed by atoms with E-state index in [2.05, 4.69) is 31.2 Å². The first-order chi connectivity index (χ1) is 11.7. The number of fused-ring (bicyclic) bond motifs is 1. The van der Waals surface area contributed by atoms with E-state index in [1.165, 1.54) is 11.1 Å². The zero-order valence-corrected chi connectivity index (χ0v) is 13.9. The summed E-state index contributed by atoms with van der Waals surface area (Å²) in [4.78, 5) is 12.1. The van der Waals surface area contributed by atoms with Crippen molar-refractivity contribution in [3.8, 4) is 5.75 Å². The highest BCUT2D eigenvalue weighted by Crippen LogP contribution is 2.27. The molecule has 3 heteroatoms. The van der Waals surface area contributed by atoms with Gasteiger partial charge in [-0.25, -0.2) is 4.79 Å². The minimum Gasteiger partial charge on any atom is -0.507 e. The number of aryl methyl sites for hydroxylation is 2. The van der Waals surface area contributed by atoms with Crippen LogP contribution in [0.1, 0.15) is 36.5 Å². The molecule has 1 N–H and O–H groups in total. The van der Waals surface area contributed by atoms with Gasteiger partial charge in [-0.3, -0.25) is 0 Å². The standard InChI is InChI=1S/C21H22O3/c1-2-15-11-13-16(14-12-15)7-3-4-9-18-20(22)17-8-5-6-10-19(17)24-21(18)23/h5-6,8,10-14,22H,2-4,7,9H2,1H3. The van der Waals surface area contributed by atoms with Crippen molar-refractivity contribution < 1.29 is 9.52 Å². The van der Waals surface area contributed by atoms with Crippen LogP contribution in [0.5, 0.6) is 5.75 Å². The molecule has 0 saturated heterocycles. The van der Waals surface area contributed by atoms with Gasteiger partial charge in [0.2, 0.25) is 0 Å². The largest absolute Gasteiger partial charge is 0.507 e. The zero-order chi connectivity index (χ0) is 16.9. The van der Waals surface area contributed by atoms with E-state index in [9.17, 15) is 9.90 Å². The fourth-order valence-electron chi connectivity index (χ4n) is 2.96. The van der Waals surface area contributed by atoms with Gasteiger partial charge in [0, 0.05) is 0 Å². The Morgan fingerprint density at radius 1 is 0.917 bits per heavy atom. The maximum absolute atomic E-state index is 12.1. The molecule has 0 unspecified atom stereocenters. The van der Waals surface area contributed by atoms with Gasteiger partial charge in [0.05, 0.1) is 10.9 Å². The highest BCUT2D eigenvalue weighted by molar-refractivity contribution is 5.83. The average molecular weight is 322 g/mol. The van der Waals surface area contributed by atoms with E-state index in [-0.39, 0.29) is 5.75 Å². The first-order valence-corrected chi connectivity index (χ1v) is 8.50. The Morgan fingerprint density at radius 2 is 1.58 bits per heavy atom. The third kappa shape index (κ3) is 3.51. The van der Waals surface area contributed by atoms with Crippen LogP contribution in [0.25, 0.3) is 11.0 Å². The van der Waals surface area contributed by atoms with Gasteiger partial charge in [-0.2, -0.15) is 0 Å². The van der Waals surface area contributed by atoms with Crippen molar-refractivity contribution in [2.24, 2.45) is 0 Å². The fraction of sp³-hybridized carbons (Fsp3) is 0.286. The first-order valence-electron chi connectivity index (χ1n) is 8.50. The second kappa shape index (κ2) is 7.35. The molecule has 0 radical (unpaired) electrons. The van der Waals surface area contributed by atoms with Gasteiger partial charge >= 0.3 is 5.63 Å². The number of hydrogen-bond donors (Lipinski definition) is 1. The van der Waals surface area contributed by atoms with E-state index in [0.717, 1.165) is 25.7 Å². The summed E-state index contributed by atoms with van der Waals surface area (Å²) in [5.41, 5.74) is 3.03. The second-order valence-corrected chi connectivity index (χ2v) is 6.09. The highest BCUT2D eigenvalue weighted by Gasteiger charge is 2.13. The molecule has 0 atom stereocenters. The van der Waals surface area contributed by atoms with Crippen LogP contribution in [0, 0.1) is 0 Å². The molecule has 0 aliphatic rings. The molecule has 2 aromatic carbocycles. The third-order valence-electron chi connectivity index (χ3n) is 4.45. The molecule has 3 rings (SSSR count). The molecule has 24 heavy (non-hydrogen) atoms. The van der Waals surface area contributed by atoms with Gasteiger partial charge < -0.3 is 9.52 Å². The maximum atomic E-state index is 12.1. The minimum absolute atomic E-state index is 0.0640. The average Bonchev–Trinajstić information content (AvgIpc) is 2.61. The lowest BCUT2D eigenvalue weighted by Crippen LogP contribution is -2.08. The third-order valence-corrected chi connectivity index (χ3v) is 4.45. The summed E-state index contributed by atoms with van der Waals surface area (Å²) < 4.78 is 5.30. The van der Waals surface area contributed by atoms with Crippen molar-refractivity contribution in [3.05, 3.63) is 75.6 Å². The molecule has 1 aromatic heterocycles. The molecule has 0 aliphatic heterocycles. The Hall–Kier alpha value is -2.55. The number of rotatable bonds is 6. The van der Waals surface area contributed by atoms with Gasteiger partial charge in [0.1, 0.15) is 11.3 Å². The van der Waals surface area contributed by atoms with E-state index < -0.39 is 5.63 Å². The number of aromatic hydroxyl groups is 1. The van der Waals surface area contributed by atoms with Crippen LogP contribution >= 0.6 is 0 Å². The highest BCUT2D eigenvalue weighted by atomic mass is 16.4. The topological polar surface area (TPSA) is 50.4 Å². The lowest BCUT2D eigenvalue weighted by atomic mass is 10.0. The van der Waals surface area contributed by atoms with Gasteiger partial charge in [-0.05, 0) is 55.4 Å². The fourth-order valence-corrected chi connectivity index (χ4v) is 2.96. The summed E-state index contributed by atoms with van der Waals surface area (Å²) in [6.45, 7) is 2.15. The second-order valence-electron chi connectivity index (χ2n) is 6.09. The minimum atomic E-state index is -0.432. The van der Waals surface area contributed by atoms with Crippen molar-refractivity contribution in [1.29, 1.82) is 0 Å². The summed E-state index contributed by atoms with van der Waals surface area (Å²) in [5.74, 6) is 0.0640. The van der Waals surface area contributed by atoms with Crippen molar-refractivity contribution in [3.63, 3.8) is 0 Å². The summed E-state index contributed by atoms with van der Waals surface area (Å²) in [6.07, 6.45) is 4.37. The van der Waals surface area contributed by atoms with Gasteiger partial charge in [0.25, 0.3) is 0 Å². The van der Waals surface area contributed by atoms with Crippen molar-refractivity contribution >= 4 is 11.0 Å². The van der Waals surface area contributed by atoms with E-state index in [0.29, 0.717) is 23.0 Å². The van der Waals surface area contributed by atoms with Crippen LogP contribution in [0.15, 0.2) is 57.7 Å². The van der Waals surface area contributed by atoms with E-state index in [1.807, 2.05) is 6.07 Å². The van der Waals surface area contributed by atoms with Crippen LogP contribution in [0.4, 0.5) is 0 Å². The lowest BCUT2D eigenvalue weighted by Gasteiger charge is -2.06. The molecular weight excluding hydrogens is 300 g/mol. The number of hydrogen-bond acceptors (Lipinski definition) is 3. The summed E-state index contributed by atoms with van der Waals surface area (Å²) in [6, 6.07) is 15.7. The molecule has 0 fully saturated rings. The molecule has 1 heterocycles. The molecule has 0 amide bonds. The Bertz CT molecular complexity index is 876. The van der Waals surface area contributed by atoms with Gasteiger partial charge in [0.15, 0.2) is 0 Å². The van der Waals surface area contributed by atoms with Gasteiger partial charge in [-0.1, -0.05) is 43.3 Å². The number of benzene rings is 2. The van der Waals surface area contributed by atoms with Gasteiger partial charge in [-0.15, -0.1) is 0 Å². The molecular formula is C21H22O3. The predicted octanol–water partition coefficient (Wildman–Crippen LogP) is 4.63. The smallest absolute Gasteiger partial charge is 0.343 e. The molecule has 3 nitrogen and oxygen atoms in total. The van der Waals surface area contributed by atoms with Crippen molar-refractivity contribution in [2.45, 2.75) is 39.0 Å². The van der Waals surface area contributed by atoms with E-state index in [4.69, 9.17) is 4.42 Å². The summed E-state index contributed by atoms with van der Waals surface area (Å²) in [7, 11) is 0. The first kappa shape index (κ1) is 16.3. The van der Waals surface area contributed by atoms with Crippen molar-refractivity contribution in [1.82, 2.24) is 0 Å². The maximum Gasteiger partial charge on any atom is 0.343 e. The Kier molecular flexibility index (Phi) is 4.99. The molecule has 0 bridgehead atoms. The van der Waals surface area contributed by atoms with E-state index >= 15 is 0 Å².